The minimum Gasteiger partial charge on any atom is -0.306 e. The molecule has 1 fully saturated rings. The van der Waals surface area contributed by atoms with Crippen molar-refractivity contribution in [1.82, 2.24) is 9.97 Å². The van der Waals surface area contributed by atoms with Crippen LogP contribution in [0.15, 0.2) is 85.2 Å². The Balaban J connectivity index is 1.24. The fourth-order valence-electron chi connectivity index (χ4n) is 5.29. The maximum atomic E-state index is 13.9. The van der Waals surface area contributed by atoms with E-state index >= 15 is 0 Å². The second-order valence-corrected chi connectivity index (χ2v) is 11.1. The van der Waals surface area contributed by atoms with Gasteiger partial charge >= 0.3 is 0 Å². The summed E-state index contributed by atoms with van der Waals surface area (Å²) in [6.07, 6.45) is 7.33. The number of para-hydroxylation sites is 1. The number of hydrogen-bond acceptors (Lipinski definition) is 5. The molecular formula is C32H25N3O2S. The van der Waals surface area contributed by atoms with Crippen molar-refractivity contribution in [1.29, 1.82) is 0 Å². The first-order valence-corrected chi connectivity index (χ1v) is 13.8. The molecule has 0 spiro atoms. The lowest BCUT2D eigenvalue weighted by molar-refractivity contribution is 0.0972. The fourth-order valence-corrected chi connectivity index (χ4v) is 6.48. The molecular weight excluding hydrogens is 490 g/mol. The number of ketones is 1. The van der Waals surface area contributed by atoms with E-state index in [0.717, 1.165) is 48.6 Å². The van der Waals surface area contributed by atoms with E-state index in [9.17, 15) is 9.59 Å². The van der Waals surface area contributed by atoms with Crippen molar-refractivity contribution in [3.05, 3.63) is 101 Å². The van der Waals surface area contributed by atoms with E-state index < -0.39 is 0 Å². The van der Waals surface area contributed by atoms with Gasteiger partial charge in [-0.25, -0.2) is 4.98 Å². The zero-order chi connectivity index (χ0) is 25.6. The number of aromatic nitrogens is 2. The van der Waals surface area contributed by atoms with Gasteiger partial charge in [0.1, 0.15) is 5.69 Å². The molecule has 0 unspecified atom stereocenters. The largest absolute Gasteiger partial charge is 0.306 e. The number of hydrogen-bond donors (Lipinski definition) is 0. The van der Waals surface area contributed by atoms with Gasteiger partial charge < -0.3 is 4.90 Å². The molecule has 6 heteroatoms. The molecule has 186 valence electrons. The lowest BCUT2D eigenvalue weighted by Crippen LogP contribution is -2.33. The molecule has 0 atom stereocenters. The highest BCUT2D eigenvalue weighted by atomic mass is 32.1. The van der Waals surface area contributed by atoms with Gasteiger partial charge in [-0.3, -0.25) is 14.6 Å². The van der Waals surface area contributed by atoms with Gasteiger partial charge in [-0.05, 0) is 60.4 Å². The molecule has 3 aromatic heterocycles. The molecule has 1 amide bonds. The van der Waals surface area contributed by atoms with Crippen molar-refractivity contribution in [2.45, 2.75) is 25.7 Å². The van der Waals surface area contributed by atoms with Gasteiger partial charge in [0, 0.05) is 46.7 Å². The number of Topliss-reactive ketones (excluding diaryl/α,β-unsaturated/α-hetero) is 1. The van der Waals surface area contributed by atoms with Crippen molar-refractivity contribution in [3.63, 3.8) is 0 Å². The summed E-state index contributed by atoms with van der Waals surface area (Å²) in [6.45, 7) is 0.525. The number of thiophene rings is 1. The average Bonchev–Trinajstić information content (AvgIpc) is 3.71. The molecule has 0 radical (unpaired) electrons. The summed E-state index contributed by atoms with van der Waals surface area (Å²) >= 11 is 1.57. The van der Waals surface area contributed by atoms with Crippen LogP contribution in [-0.4, -0.2) is 28.2 Å². The number of rotatable bonds is 5. The van der Waals surface area contributed by atoms with E-state index in [-0.39, 0.29) is 11.7 Å². The second-order valence-electron chi connectivity index (χ2n) is 10.1. The number of nitrogens with zero attached hydrogens (tertiary/aromatic N) is 3. The Morgan fingerprint density at radius 2 is 1.76 bits per heavy atom. The highest BCUT2D eigenvalue weighted by Crippen LogP contribution is 2.43. The SMILES string of the molecule is O=C(CC1CC1)c1cc2c(s1)-c1ccccc1N(C(=O)c1cccc(-c3cncc4ccccc34)n1)CC2. The zero-order valence-electron chi connectivity index (χ0n) is 20.8. The van der Waals surface area contributed by atoms with Crippen LogP contribution in [0, 0.1) is 5.92 Å². The third-order valence-corrected chi connectivity index (χ3v) is 8.71. The Morgan fingerprint density at radius 3 is 2.66 bits per heavy atom. The van der Waals surface area contributed by atoms with E-state index in [0.29, 0.717) is 31.0 Å². The predicted molar refractivity (Wildman–Crippen MR) is 152 cm³/mol. The van der Waals surface area contributed by atoms with E-state index in [1.54, 1.807) is 23.6 Å². The molecule has 0 bridgehead atoms. The summed E-state index contributed by atoms with van der Waals surface area (Å²) in [6, 6.07) is 23.7. The molecule has 0 N–H and O–H groups in total. The van der Waals surface area contributed by atoms with E-state index in [1.165, 1.54) is 12.8 Å². The van der Waals surface area contributed by atoms with Crippen molar-refractivity contribution in [2.24, 2.45) is 5.92 Å². The smallest absolute Gasteiger partial charge is 0.276 e. The maximum absolute atomic E-state index is 13.9. The lowest BCUT2D eigenvalue weighted by atomic mass is 10.0. The number of benzene rings is 2. The minimum atomic E-state index is -0.132. The molecule has 1 aliphatic carbocycles. The number of carbonyl (C=O) groups is 2. The quantitative estimate of drug-likeness (QED) is 0.232. The molecule has 5 nitrogen and oxygen atoms in total. The monoisotopic (exact) mass is 515 g/mol. The fraction of sp³-hybridized carbons (Fsp3) is 0.188. The summed E-state index contributed by atoms with van der Waals surface area (Å²) in [7, 11) is 0. The van der Waals surface area contributed by atoms with Crippen molar-refractivity contribution < 1.29 is 9.59 Å². The third kappa shape index (κ3) is 4.11. The van der Waals surface area contributed by atoms with Gasteiger partial charge in [0.2, 0.25) is 0 Å². The van der Waals surface area contributed by atoms with Crippen molar-refractivity contribution >= 4 is 39.5 Å². The highest BCUT2D eigenvalue weighted by molar-refractivity contribution is 7.17. The highest BCUT2D eigenvalue weighted by Gasteiger charge is 2.30. The molecule has 1 saturated carbocycles. The van der Waals surface area contributed by atoms with Crippen LogP contribution in [0.5, 0.6) is 0 Å². The number of fused-ring (bicyclic) bond motifs is 4. The van der Waals surface area contributed by atoms with E-state index in [1.807, 2.05) is 59.6 Å². The summed E-state index contributed by atoms with van der Waals surface area (Å²) in [5.41, 5.74) is 5.02. The van der Waals surface area contributed by atoms with Gasteiger partial charge in [-0.2, -0.15) is 0 Å². The Labute approximate surface area is 224 Å². The molecule has 2 aliphatic rings. The van der Waals surface area contributed by atoms with Gasteiger partial charge in [-0.15, -0.1) is 11.3 Å². The normalized spacial score (nSPS) is 14.6. The molecule has 4 heterocycles. The standard InChI is InChI=1S/C32H25N3O2S/c36-29(16-20-12-13-20)30-17-21-14-15-35(28-11-4-3-8-24(28)31(21)38-30)32(37)27-10-5-9-26(34-27)25-19-33-18-22-6-1-2-7-23(22)25/h1-11,17-20H,12-16H2. The van der Waals surface area contributed by atoms with Crippen LogP contribution in [0.25, 0.3) is 32.5 Å². The van der Waals surface area contributed by atoms with E-state index in [4.69, 9.17) is 4.98 Å². The Kier molecular flexibility index (Phi) is 5.63. The van der Waals surface area contributed by atoms with Gasteiger partial charge in [0.15, 0.2) is 5.78 Å². The zero-order valence-corrected chi connectivity index (χ0v) is 21.6. The minimum absolute atomic E-state index is 0.132. The lowest BCUT2D eigenvalue weighted by Gasteiger charge is -2.23. The van der Waals surface area contributed by atoms with Crippen LogP contribution in [-0.2, 0) is 6.42 Å². The number of carbonyl (C=O) groups excluding carboxylic acids is 2. The van der Waals surface area contributed by atoms with Gasteiger partial charge in [0.05, 0.1) is 16.3 Å². The molecule has 7 rings (SSSR count). The van der Waals surface area contributed by atoms with Crippen LogP contribution >= 0.6 is 11.3 Å². The predicted octanol–water partition coefficient (Wildman–Crippen LogP) is 7.21. The first-order chi connectivity index (χ1) is 18.7. The van der Waals surface area contributed by atoms with Gasteiger partial charge in [-0.1, -0.05) is 48.5 Å². The van der Waals surface area contributed by atoms with Crippen LogP contribution in [0.3, 0.4) is 0 Å². The number of anilines is 1. The Hall–Kier alpha value is -4.16. The van der Waals surface area contributed by atoms with Crippen molar-refractivity contribution in [2.75, 3.05) is 11.4 Å². The Bertz CT molecular complexity index is 1710. The average molecular weight is 516 g/mol. The molecule has 2 aromatic carbocycles. The second kappa shape index (κ2) is 9.30. The van der Waals surface area contributed by atoms with Crippen LogP contribution < -0.4 is 4.90 Å². The van der Waals surface area contributed by atoms with Crippen molar-refractivity contribution in [3.8, 4) is 21.7 Å². The first kappa shape index (κ1) is 23.0. The van der Waals surface area contributed by atoms with Crippen LogP contribution in [0.2, 0.25) is 0 Å². The molecule has 38 heavy (non-hydrogen) atoms. The Morgan fingerprint density at radius 1 is 0.921 bits per heavy atom. The number of amides is 1. The summed E-state index contributed by atoms with van der Waals surface area (Å²) in [4.78, 5) is 39.7. The third-order valence-electron chi connectivity index (χ3n) is 7.46. The molecule has 1 aliphatic heterocycles. The maximum Gasteiger partial charge on any atom is 0.276 e. The topological polar surface area (TPSA) is 63.2 Å². The summed E-state index contributed by atoms with van der Waals surface area (Å²) in [5.74, 6) is 0.685. The van der Waals surface area contributed by atoms with Gasteiger partial charge in [0.25, 0.3) is 5.91 Å². The summed E-state index contributed by atoms with van der Waals surface area (Å²) < 4.78 is 0. The summed E-state index contributed by atoms with van der Waals surface area (Å²) in [5, 5.41) is 2.09. The molecule has 0 saturated heterocycles. The van der Waals surface area contributed by atoms with E-state index in [2.05, 4.69) is 23.2 Å². The molecule has 5 aromatic rings. The first-order valence-electron chi connectivity index (χ1n) is 13.0. The van der Waals surface area contributed by atoms with Crippen LogP contribution in [0.4, 0.5) is 5.69 Å². The number of pyridine rings is 2. The van der Waals surface area contributed by atoms with Crippen LogP contribution in [0.1, 0.15) is 45.0 Å².